The molecule has 2 N–H and O–H groups in total. The summed E-state index contributed by atoms with van der Waals surface area (Å²) in [4.78, 5) is 25.4. The Morgan fingerprint density at radius 1 is 1.42 bits per heavy atom. The number of hydrogen-bond acceptors (Lipinski definition) is 3. The Hall–Kier alpha value is -1.10. The topological polar surface area (TPSA) is 69.6 Å². The second-order valence-electron chi connectivity index (χ2n) is 5.59. The SMILES string of the molecule is CCCC1(C(=O)O)CCCN1C(=O)CCNC(C)C. The molecular formula is C14H26N2O3. The maximum absolute atomic E-state index is 12.2. The van der Waals surface area contributed by atoms with Crippen molar-refractivity contribution in [2.45, 2.75) is 64.5 Å². The van der Waals surface area contributed by atoms with Crippen LogP contribution < -0.4 is 5.32 Å². The number of amides is 1. The van der Waals surface area contributed by atoms with Gasteiger partial charge in [0.15, 0.2) is 0 Å². The lowest BCUT2D eigenvalue weighted by molar-refractivity contribution is -0.157. The number of carbonyl (C=O) groups excluding carboxylic acids is 1. The van der Waals surface area contributed by atoms with E-state index < -0.39 is 11.5 Å². The molecule has 1 aliphatic heterocycles. The zero-order valence-corrected chi connectivity index (χ0v) is 12.2. The van der Waals surface area contributed by atoms with Gasteiger partial charge in [0, 0.05) is 25.6 Å². The number of nitrogens with one attached hydrogen (secondary N) is 1. The van der Waals surface area contributed by atoms with Crippen molar-refractivity contribution < 1.29 is 14.7 Å². The molecule has 1 amide bonds. The maximum atomic E-state index is 12.2. The Balaban J connectivity index is 2.68. The molecule has 1 heterocycles. The molecule has 1 atom stereocenters. The monoisotopic (exact) mass is 270 g/mol. The third-order valence-corrected chi connectivity index (χ3v) is 3.74. The number of carboxylic acid groups (broad SMARTS) is 1. The summed E-state index contributed by atoms with van der Waals surface area (Å²) in [6, 6.07) is 0.339. The average Bonchev–Trinajstić information content (AvgIpc) is 2.74. The molecule has 1 rings (SSSR count). The predicted octanol–water partition coefficient (Wildman–Crippen LogP) is 1.62. The fourth-order valence-electron chi connectivity index (χ4n) is 2.85. The molecule has 5 heteroatoms. The first-order valence-electron chi connectivity index (χ1n) is 7.21. The van der Waals surface area contributed by atoms with Gasteiger partial charge in [0.2, 0.25) is 5.91 Å². The van der Waals surface area contributed by atoms with Crippen LogP contribution in [0.3, 0.4) is 0 Å². The van der Waals surface area contributed by atoms with Gasteiger partial charge in [-0.1, -0.05) is 27.2 Å². The number of rotatable bonds is 7. The van der Waals surface area contributed by atoms with Crippen molar-refractivity contribution in [3.05, 3.63) is 0 Å². The van der Waals surface area contributed by atoms with Crippen LogP contribution >= 0.6 is 0 Å². The highest BCUT2D eigenvalue weighted by atomic mass is 16.4. The Morgan fingerprint density at radius 3 is 2.63 bits per heavy atom. The third kappa shape index (κ3) is 3.69. The van der Waals surface area contributed by atoms with E-state index in [2.05, 4.69) is 5.32 Å². The minimum Gasteiger partial charge on any atom is -0.479 e. The predicted molar refractivity (Wildman–Crippen MR) is 74.0 cm³/mol. The zero-order chi connectivity index (χ0) is 14.5. The molecule has 0 aromatic rings. The van der Waals surface area contributed by atoms with Gasteiger partial charge in [0.25, 0.3) is 0 Å². The number of nitrogens with zero attached hydrogens (tertiary/aromatic N) is 1. The van der Waals surface area contributed by atoms with E-state index in [9.17, 15) is 14.7 Å². The van der Waals surface area contributed by atoms with Gasteiger partial charge in [-0.05, 0) is 19.3 Å². The normalized spacial score (nSPS) is 23.1. The molecule has 1 fully saturated rings. The van der Waals surface area contributed by atoms with Crippen molar-refractivity contribution in [3.8, 4) is 0 Å². The van der Waals surface area contributed by atoms with E-state index in [-0.39, 0.29) is 5.91 Å². The summed E-state index contributed by atoms with van der Waals surface area (Å²) in [5, 5.41) is 12.7. The van der Waals surface area contributed by atoms with E-state index in [4.69, 9.17) is 0 Å². The van der Waals surface area contributed by atoms with Crippen LogP contribution in [0.15, 0.2) is 0 Å². The number of carbonyl (C=O) groups is 2. The van der Waals surface area contributed by atoms with E-state index in [0.29, 0.717) is 38.4 Å². The molecule has 110 valence electrons. The number of hydrogen-bond donors (Lipinski definition) is 2. The number of carboxylic acids is 1. The number of likely N-dealkylation sites (tertiary alicyclic amines) is 1. The lowest BCUT2D eigenvalue weighted by Gasteiger charge is -2.34. The average molecular weight is 270 g/mol. The highest BCUT2D eigenvalue weighted by Gasteiger charge is 2.48. The van der Waals surface area contributed by atoms with Gasteiger partial charge in [-0.25, -0.2) is 4.79 Å². The minimum absolute atomic E-state index is 0.0403. The van der Waals surface area contributed by atoms with Crippen LogP contribution in [0.5, 0.6) is 0 Å². The van der Waals surface area contributed by atoms with Gasteiger partial charge in [-0.2, -0.15) is 0 Å². The van der Waals surface area contributed by atoms with Gasteiger partial charge in [-0.3, -0.25) is 4.79 Å². The molecule has 1 saturated heterocycles. The Kier molecular flexibility index (Phi) is 5.79. The molecule has 1 unspecified atom stereocenters. The lowest BCUT2D eigenvalue weighted by Crippen LogP contribution is -2.53. The fraction of sp³-hybridized carbons (Fsp3) is 0.857. The van der Waals surface area contributed by atoms with Crippen LogP contribution in [0.4, 0.5) is 0 Å². The van der Waals surface area contributed by atoms with Crippen LogP contribution in [-0.4, -0.2) is 46.6 Å². The van der Waals surface area contributed by atoms with Crippen molar-refractivity contribution >= 4 is 11.9 Å². The van der Waals surface area contributed by atoms with Crippen LogP contribution in [0, 0.1) is 0 Å². The van der Waals surface area contributed by atoms with Crippen molar-refractivity contribution in [3.63, 3.8) is 0 Å². The highest BCUT2D eigenvalue weighted by Crippen LogP contribution is 2.34. The molecule has 19 heavy (non-hydrogen) atoms. The van der Waals surface area contributed by atoms with Gasteiger partial charge >= 0.3 is 5.97 Å². The quantitative estimate of drug-likeness (QED) is 0.737. The van der Waals surface area contributed by atoms with Crippen LogP contribution in [0.2, 0.25) is 0 Å². The molecule has 0 aliphatic carbocycles. The largest absolute Gasteiger partial charge is 0.479 e. The molecule has 1 aliphatic rings. The van der Waals surface area contributed by atoms with Gasteiger partial charge in [0.05, 0.1) is 0 Å². The van der Waals surface area contributed by atoms with Crippen molar-refractivity contribution in [1.82, 2.24) is 10.2 Å². The maximum Gasteiger partial charge on any atom is 0.329 e. The smallest absolute Gasteiger partial charge is 0.329 e. The van der Waals surface area contributed by atoms with Crippen molar-refractivity contribution in [1.29, 1.82) is 0 Å². The summed E-state index contributed by atoms with van der Waals surface area (Å²) in [5.41, 5.74) is -0.955. The van der Waals surface area contributed by atoms with Crippen molar-refractivity contribution in [2.24, 2.45) is 0 Å². The molecule has 0 aromatic heterocycles. The fourth-order valence-corrected chi connectivity index (χ4v) is 2.85. The first-order valence-corrected chi connectivity index (χ1v) is 7.21. The van der Waals surface area contributed by atoms with Crippen LogP contribution in [0.25, 0.3) is 0 Å². The molecule has 0 radical (unpaired) electrons. The summed E-state index contributed by atoms with van der Waals surface area (Å²) < 4.78 is 0. The Bertz CT molecular complexity index is 331. The molecule has 0 bridgehead atoms. The molecule has 0 spiro atoms. The second kappa shape index (κ2) is 6.89. The standard InChI is InChI=1S/C14H26N2O3/c1-4-7-14(13(18)19)8-5-10-16(14)12(17)6-9-15-11(2)3/h11,15H,4-10H2,1-3H3,(H,18,19). The lowest BCUT2D eigenvalue weighted by atomic mass is 9.90. The van der Waals surface area contributed by atoms with Gasteiger partial charge in [-0.15, -0.1) is 0 Å². The first-order chi connectivity index (χ1) is 8.94. The summed E-state index contributed by atoms with van der Waals surface area (Å²) in [6.07, 6.45) is 3.07. The van der Waals surface area contributed by atoms with E-state index in [0.717, 1.165) is 12.8 Å². The second-order valence-corrected chi connectivity index (χ2v) is 5.59. The molecule has 0 saturated carbocycles. The summed E-state index contributed by atoms with van der Waals surface area (Å²) in [5.74, 6) is -0.890. The third-order valence-electron chi connectivity index (χ3n) is 3.74. The van der Waals surface area contributed by atoms with E-state index in [1.807, 2.05) is 20.8 Å². The Morgan fingerprint density at radius 2 is 2.11 bits per heavy atom. The highest BCUT2D eigenvalue weighted by molar-refractivity contribution is 5.87. The van der Waals surface area contributed by atoms with Crippen molar-refractivity contribution in [2.75, 3.05) is 13.1 Å². The molecule has 5 nitrogen and oxygen atoms in total. The van der Waals surface area contributed by atoms with E-state index >= 15 is 0 Å². The molecule has 0 aromatic carbocycles. The zero-order valence-electron chi connectivity index (χ0n) is 12.2. The minimum atomic E-state index is -0.955. The Labute approximate surface area is 115 Å². The van der Waals surface area contributed by atoms with Gasteiger partial charge in [0.1, 0.15) is 5.54 Å². The summed E-state index contributed by atoms with van der Waals surface area (Å²) in [7, 11) is 0. The van der Waals surface area contributed by atoms with Crippen LogP contribution in [-0.2, 0) is 9.59 Å². The van der Waals surface area contributed by atoms with Crippen LogP contribution in [0.1, 0.15) is 52.9 Å². The first kappa shape index (κ1) is 16.0. The summed E-state index contributed by atoms with van der Waals surface area (Å²) >= 11 is 0. The van der Waals surface area contributed by atoms with E-state index in [1.165, 1.54) is 0 Å². The van der Waals surface area contributed by atoms with E-state index in [1.54, 1.807) is 4.90 Å². The molecular weight excluding hydrogens is 244 g/mol. The number of aliphatic carboxylic acids is 1. The summed E-state index contributed by atoms with van der Waals surface area (Å²) in [6.45, 7) is 7.20. The van der Waals surface area contributed by atoms with Gasteiger partial charge < -0.3 is 15.3 Å².